The second kappa shape index (κ2) is 6.69. The van der Waals surface area contributed by atoms with E-state index in [2.05, 4.69) is 15.3 Å². The number of carboxylic acid groups (broad SMARTS) is 1. The summed E-state index contributed by atoms with van der Waals surface area (Å²) < 4.78 is 5.37. The quantitative estimate of drug-likeness (QED) is 0.849. The van der Waals surface area contributed by atoms with Crippen molar-refractivity contribution in [1.82, 2.24) is 9.97 Å². The molecule has 1 aromatic heterocycles. The van der Waals surface area contributed by atoms with Gasteiger partial charge in [0.05, 0.1) is 12.2 Å². The van der Waals surface area contributed by atoms with Crippen molar-refractivity contribution in [3.63, 3.8) is 0 Å². The molecule has 0 spiro atoms. The number of aryl methyl sites for hydroxylation is 1. The van der Waals surface area contributed by atoms with Crippen LogP contribution in [0.2, 0.25) is 0 Å². The number of rotatable bonds is 6. The molecule has 6 nitrogen and oxygen atoms in total. The number of carboxylic acids is 1. The van der Waals surface area contributed by atoms with Crippen LogP contribution in [0.15, 0.2) is 30.3 Å². The number of nitrogens with zero attached hydrogens (tertiary/aromatic N) is 2. The molecule has 0 aliphatic rings. The molecular formula is C15H17N3O3. The number of carbonyl (C=O) groups is 1. The Bertz CT molecular complexity index is 627. The normalized spacial score (nSPS) is 10.2. The molecule has 0 saturated heterocycles. The Morgan fingerprint density at radius 1 is 1.29 bits per heavy atom. The minimum Gasteiger partial charge on any atom is -0.478 e. The molecule has 0 aliphatic carbocycles. The second-order valence-corrected chi connectivity index (χ2v) is 4.43. The lowest BCUT2D eigenvalue weighted by Crippen LogP contribution is -2.05. The minimum absolute atomic E-state index is 0.273. The Morgan fingerprint density at radius 3 is 2.62 bits per heavy atom. The number of benzene rings is 1. The fraction of sp³-hybridized carbons (Fsp3) is 0.267. The number of hydrogen-bond donors (Lipinski definition) is 2. The SMILES string of the molecule is CCOc1cc(NCc2ccc(C(=O)O)cc2)nc(C)n1. The Labute approximate surface area is 122 Å². The number of aromatic carboxylic acids is 1. The van der Waals surface area contributed by atoms with Gasteiger partial charge in [0, 0.05) is 12.6 Å². The van der Waals surface area contributed by atoms with Crippen LogP contribution in [-0.2, 0) is 6.54 Å². The Morgan fingerprint density at radius 2 is 2.00 bits per heavy atom. The van der Waals surface area contributed by atoms with Crippen molar-refractivity contribution in [2.24, 2.45) is 0 Å². The third-order valence-electron chi connectivity index (χ3n) is 2.78. The summed E-state index contributed by atoms with van der Waals surface area (Å²) in [7, 11) is 0. The van der Waals surface area contributed by atoms with E-state index in [9.17, 15) is 4.79 Å². The van der Waals surface area contributed by atoms with Crippen LogP contribution in [0, 0.1) is 6.92 Å². The lowest BCUT2D eigenvalue weighted by Gasteiger charge is -2.09. The van der Waals surface area contributed by atoms with Crippen LogP contribution in [0.5, 0.6) is 5.88 Å². The zero-order chi connectivity index (χ0) is 15.2. The maximum atomic E-state index is 10.8. The average Bonchev–Trinajstić information content (AvgIpc) is 2.45. The van der Waals surface area contributed by atoms with Crippen LogP contribution in [0.25, 0.3) is 0 Å². The maximum Gasteiger partial charge on any atom is 0.335 e. The molecule has 0 radical (unpaired) electrons. The molecule has 21 heavy (non-hydrogen) atoms. The smallest absolute Gasteiger partial charge is 0.335 e. The maximum absolute atomic E-state index is 10.8. The summed E-state index contributed by atoms with van der Waals surface area (Å²) in [5.41, 5.74) is 1.24. The van der Waals surface area contributed by atoms with E-state index in [0.29, 0.717) is 30.7 Å². The third kappa shape index (κ3) is 4.17. The van der Waals surface area contributed by atoms with Crippen molar-refractivity contribution in [1.29, 1.82) is 0 Å². The largest absolute Gasteiger partial charge is 0.478 e. The highest BCUT2D eigenvalue weighted by molar-refractivity contribution is 5.87. The molecule has 0 amide bonds. The van der Waals surface area contributed by atoms with Gasteiger partial charge in [-0.2, -0.15) is 4.98 Å². The van der Waals surface area contributed by atoms with Crippen molar-refractivity contribution < 1.29 is 14.6 Å². The number of anilines is 1. The van der Waals surface area contributed by atoms with E-state index in [-0.39, 0.29) is 5.56 Å². The van der Waals surface area contributed by atoms with Gasteiger partial charge < -0.3 is 15.2 Å². The Balaban J connectivity index is 2.03. The molecule has 0 saturated carbocycles. The molecule has 6 heteroatoms. The van der Waals surface area contributed by atoms with Crippen molar-refractivity contribution in [3.05, 3.63) is 47.3 Å². The monoisotopic (exact) mass is 287 g/mol. The van der Waals surface area contributed by atoms with E-state index in [1.54, 1.807) is 37.3 Å². The molecule has 0 bridgehead atoms. The number of ether oxygens (including phenoxy) is 1. The minimum atomic E-state index is -0.928. The highest BCUT2D eigenvalue weighted by Gasteiger charge is 2.04. The van der Waals surface area contributed by atoms with Gasteiger partial charge in [-0.15, -0.1) is 0 Å². The summed E-state index contributed by atoms with van der Waals surface area (Å²) in [4.78, 5) is 19.2. The summed E-state index contributed by atoms with van der Waals surface area (Å²) >= 11 is 0. The summed E-state index contributed by atoms with van der Waals surface area (Å²) in [6.45, 7) is 4.79. The Kier molecular flexibility index (Phi) is 4.71. The highest BCUT2D eigenvalue weighted by atomic mass is 16.5. The first-order valence-corrected chi connectivity index (χ1v) is 6.63. The number of nitrogens with one attached hydrogen (secondary N) is 1. The topological polar surface area (TPSA) is 84.3 Å². The fourth-order valence-corrected chi connectivity index (χ4v) is 1.81. The van der Waals surface area contributed by atoms with Gasteiger partial charge in [0.1, 0.15) is 11.6 Å². The lowest BCUT2D eigenvalue weighted by molar-refractivity contribution is 0.0697. The van der Waals surface area contributed by atoms with Crippen molar-refractivity contribution in [2.45, 2.75) is 20.4 Å². The van der Waals surface area contributed by atoms with Gasteiger partial charge in [-0.3, -0.25) is 0 Å². The zero-order valence-electron chi connectivity index (χ0n) is 12.0. The van der Waals surface area contributed by atoms with Crippen LogP contribution in [0.4, 0.5) is 5.82 Å². The second-order valence-electron chi connectivity index (χ2n) is 4.43. The van der Waals surface area contributed by atoms with Gasteiger partial charge >= 0.3 is 5.97 Å². The highest BCUT2D eigenvalue weighted by Crippen LogP contribution is 2.14. The van der Waals surface area contributed by atoms with Gasteiger partial charge in [-0.1, -0.05) is 12.1 Å². The molecule has 1 aromatic carbocycles. The van der Waals surface area contributed by atoms with Crippen LogP contribution in [-0.4, -0.2) is 27.7 Å². The van der Waals surface area contributed by atoms with Crippen LogP contribution in [0.3, 0.4) is 0 Å². The summed E-state index contributed by atoms with van der Waals surface area (Å²) in [6.07, 6.45) is 0. The summed E-state index contributed by atoms with van der Waals surface area (Å²) in [6, 6.07) is 8.44. The number of aromatic nitrogens is 2. The van der Waals surface area contributed by atoms with Crippen molar-refractivity contribution >= 4 is 11.8 Å². The number of hydrogen-bond acceptors (Lipinski definition) is 5. The first-order chi connectivity index (χ1) is 10.1. The molecule has 0 unspecified atom stereocenters. The van der Waals surface area contributed by atoms with Gasteiger partial charge in [0.25, 0.3) is 0 Å². The first kappa shape index (κ1) is 14.8. The van der Waals surface area contributed by atoms with Crippen molar-refractivity contribution in [2.75, 3.05) is 11.9 Å². The first-order valence-electron chi connectivity index (χ1n) is 6.63. The van der Waals surface area contributed by atoms with E-state index in [0.717, 1.165) is 5.56 Å². The van der Waals surface area contributed by atoms with Crippen molar-refractivity contribution in [3.8, 4) is 5.88 Å². The molecule has 2 N–H and O–H groups in total. The molecular weight excluding hydrogens is 270 g/mol. The van der Waals surface area contributed by atoms with Gasteiger partial charge in [-0.25, -0.2) is 9.78 Å². The zero-order valence-corrected chi connectivity index (χ0v) is 12.0. The van der Waals surface area contributed by atoms with Crippen LogP contribution in [0.1, 0.15) is 28.7 Å². The lowest BCUT2D eigenvalue weighted by atomic mass is 10.1. The fourth-order valence-electron chi connectivity index (χ4n) is 1.81. The predicted molar refractivity (Wildman–Crippen MR) is 78.7 cm³/mol. The van der Waals surface area contributed by atoms with Gasteiger partial charge in [-0.05, 0) is 31.5 Å². The molecule has 0 fully saturated rings. The van der Waals surface area contributed by atoms with E-state index in [1.165, 1.54) is 0 Å². The molecule has 0 aliphatic heterocycles. The summed E-state index contributed by atoms with van der Waals surface area (Å²) in [5.74, 6) is 0.911. The third-order valence-corrected chi connectivity index (χ3v) is 2.78. The molecule has 0 atom stereocenters. The van der Waals surface area contributed by atoms with Gasteiger partial charge in [0.15, 0.2) is 0 Å². The predicted octanol–water partition coefficient (Wildman–Crippen LogP) is 2.49. The molecule has 2 rings (SSSR count). The Hall–Kier alpha value is -2.63. The van der Waals surface area contributed by atoms with Gasteiger partial charge in [0.2, 0.25) is 5.88 Å². The molecule has 110 valence electrons. The summed E-state index contributed by atoms with van der Waals surface area (Å²) in [5, 5.41) is 12.0. The molecule has 2 aromatic rings. The molecule has 1 heterocycles. The average molecular weight is 287 g/mol. The van der Waals surface area contributed by atoms with Crippen LogP contribution >= 0.6 is 0 Å². The van der Waals surface area contributed by atoms with E-state index in [1.807, 2.05) is 6.92 Å². The standard InChI is InChI=1S/C15H17N3O3/c1-3-21-14-8-13(17-10(2)18-14)16-9-11-4-6-12(7-5-11)15(19)20/h4-8H,3,9H2,1-2H3,(H,19,20)(H,16,17,18). The van der Waals surface area contributed by atoms with E-state index in [4.69, 9.17) is 9.84 Å². The van der Waals surface area contributed by atoms with E-state index < -0.39 is 5.97 Å². The van der Waals surface area contributed by atoms with Crippen LogP contribution < -0.4 is 10.1 Å². The van der Waals surface area contributed by atoms with E-state index >= 15 is 0 Å².